The Hall–Kier alpha value is -4.83. The lowest BCUT2D eigenvalue weighted by Gasteiger charge is -2.12. The number of anilines is 2. The van der Waals surface area contributed by atoms with Crippen molar-refractivity contribution in [2.45, 2.75) is 0 Å². The van der Waals surface area contributed by atoms with Crippen molar-refractivity contribution in [2.75, 3.05) is 26.6 Å². The molecule has 5 rings (SSSR count). The van der Waals surface area contributed by atoms with Crippen LogP contribution in [0.15, 0.2) is 72.2 Å². The van der Waals surface area contributed by atoms with Crippen LogP contribution in [0.4, 0.5) is 15.9 Å². The van der Waals surface area contributed by atoms with Gasteiger partial charge in [0.15, 0.2) is 23.1 Å². The van der Waals surface area contributed by atoms with Gasteiger partial charge in [0.25, 0.3) is 0 Å². The first-order chi connectivity index (χ1) is 19.0. The Kier molecular flexibility index (Phi) is 7.46. The van der Waals surface area contributed by atoms with Crippen LogP contribution in [0.25, 0.3) is 33.6 Å². The quantitative estimate of drug-likeness (QED) is 0.170. The number of carbonyl (C=O) groups excluding carboxylic acids is 1. The van der Waals surface area contributed by atoms with E-state index in [4.69, 9.17) is 19.2 Å². The highest BCUT2D eigenvalue weighted by atomic mass is 32.1. The van der Waals surface area contributed by atoms with Gasteiger partial charge in [0, 0.05) is 22.9 Å². The molecule has 0 bridgehead atoms. The van der Waals surface area contributed by atoms with Gasteiger partial charge in [0.2, 0.25) is 0 Å². The van der Waals surface area contributed by atoms with Gasteiger partial charge in [0.05, 0.1) is 32.4 Å². The van der Waals surface area contributed by atoms with Crippen molar-refractivity contribution in [2.24, 2.45) is 0 Å². The number of esters is 1. The van der Waals surface area contributed by atoms with E-state index in [0.29, 0.717) is 55.7 Å². The van der Waals surface area contributed by atoms with Crippen molar-refractivity contribution in [3.8, 4) is 22.9 Å². The summed E-state index contributed by atoms with van der Waals surface area (Å²) in [4.78, 5) is 26.1. The smallest absolute Gasteiger partial charge is 0.337 e. The molecule has 0 unspecified atom stereocenters. The minimum absolute atomic E-state index is 0.368. The van der Waals surface area contributed by atoms with E-state index < -0.39 is 11.8 Å². The van der Waals surface area contributed by atoms with Crippen LogP contribution in [0, 0.1) is 0 Å². The Morgan fingerprint density at radius 3 is 2.46 bits per heavy atom. The highest BCUT2D eigenvalue weighted by Gasteiger charge is 2.15. The molecule has 10 heteroatoms. The van der Waals surface area contributed by atoms with Gasteiger partial charge in [-0.15, -0.1) is 11.3 Å². The Bertz CT molecular complexity index is 1690. The molecule has 39 heavy (non-hydrogen) atoms. The van der Waals surface area contributed by atoms with Crippen LogP contribution >= 0.6 is 11.3 Å². The van der Waals surface area contributed by atoms with E-state index >= 15 is 4.39 Å². The average Bonchev–Trinajstić information content (AvgIpc) is 3.46. The molecule has 0 amide bonds. The number of benzene rings is 3. The second kappa shape index (κ2) is 11.3. The maximum absolute atomic E-state index is 15.2. The highest BCUT2D eigenvalue weighted by Crippen LogP contribution is 2.34. The molecular formula is C29H23FN4O4S. The van der Waals surface area contributed by atoms with Gasteiger partial charge >= 0.3 is 5.97 Å². The lowest BCUT2D eigenvalue weighted by Crippen LogP contribution is -2.00. The molecule has 3 aromatic carbocycles. The van der Waals surface area contributed by atoms with E-state index in [2.05, 4.69) is 15.3 Å². The van der Waals surface area contributed by atoms with E-state index in [0.717, 1.165) is 5.69 Å². The third-order valence-corrected chi connectivity index (χ3v) is 6.58. The Balaban J connectivity index is 1.46. The number of halogens is 1. The summed E-state index contributed by atoms with van der Waals surface area (Å²) in [7, 11) is 4.46. The maximum atomic E-state index is 15.2. The molecule has 5 aromatic rings. The standard InChI is InChI=1S/C29H23FN4O4S/c1-36-23-12-11-21(15-24(23)37-2)32-27-25-28(39-16-31-25)34-26(33-27)20-6-4-5-19(14-20)22(30)13-17-7-9-18(10-8-17)29(35)38-3/h4-16H,1-3H3,(H,32,33,34). The summed E-state index contributed by atoms with van der Waals surface area (Å²) in [5.74, 6) is 1.22. The zero-order valence-corrected chi connectivity index (χ0v) is 22.1. The van der Waals surface area contributed by atoms with Crippen LogP contribution in [0.2, 0.25) is 0 Å². The number of aromatic nitrogens is 3. The number of hydrogen-bond donors (Lipinski definition) is 1. The van der Waals surface area contributed by atoms with Crippen molar-refractivity contribution in [1.29, 1.82) is 0 Å². The number of carbonyl (C=O) groups is 1. The molecular weight excluding hydrogens is 519 g/mol. The fourth-order valence-electron chi connectivity index (χ4n) is 3.90. The minimum atomic E-state index is -0.448. The summed E-state index contributed by atoms with van der Waals surface area (Å²) in [6.45, 7) is 0. The first-order valence-electron chi connectivity index (χ1n) is 11.8. The van der Waals surface area contributed by atoms with Crippen molar-refractivity contribution >= 4 is 51.1 Å². The fourth-order valence-corrected chi connectivity index (χ4v) is 4.56. The Morgan fingerprint density at radius 2 is 1.72 bits per heavy atom. The number of nitrogens with one attached hydrogen (secondary N) is 1. The Morgan fingerprint density at radius 1 is 0.923 bits per heavy atom. The molecule has 8 nitrogen and oxygen atoms in total. The largest absolute Gasteiger partial charge is 0.493 e. The van der Waals surface area contributed by atoms with Crippen molar-refractivity contribution < 1.29 is 23.4 Å². The third kappa shape index (κ3) is 5.55. The zero-order valence-electron chi connectivity index (χ0n) is 21.3. The van der Waals surface area contributed by atoms with Crippen LogP contribution in [-0.4, -0.2) is 42.3 Å². The molecule has 0 saturated carbocycles. The van der Waals surface area contributed by atoms with Crippen LogP contribution in [0.1, 0.15) is 21.5 Å². The Labute approximate surface area is 227 Å². The molecule has 2 heterocycles. The molecule has 2 aromatic heterocycles. The summed E-state index contributed by atoms with van der Waals surface area (Å²) >= 11 is 1.39. The van der Waals surface area contributed by atoms with E-state index in [1.807, 2.05) is 12.1 Å². The van der Waals surface area contributed by atoms with Gasteiger partial charge in [-0.3, -0.25) is 0 Å². The van der Waals surface area contributed by atoms with E-state index in [1.165, 1.54) is 24.5 Å². The van der Waals surface area contributed by atoms with Crippen LogP contribution < -0.4 is 14.8 Å². The second-order valence-corrected chi connectivity index (χ2v) is 9.12. The molecule has 0 atom stereocenters. The van der Waals surface area contributed by atoms with Gasteiger partial charge in [-0.05, 0) is 42.0 Å². The summed E-state index contributed by atoms with van der Waals surface area (Å²) in [6, 6.07) is 18.9. The summed E-state index contributed by atoms with van der Waals surface area (Å²) < 4.78 is 30.7. The molecule has 0 radical (unpaired) electrons. The number of thiazole rings is 1. The molecule has 1 N–H and O–H groups in total. The third-order valence-electron chi connectivity index (χ3n) is 5.87. The zero-order chi connectivity index (χ0) is 27.4. The van der Waals surface area contributed by atoms with Crippen molar-refractivity contribution in [3.05, 3.63) is 88.9 Å². The topological polar surface area (TPSA) is 95.5 Å². The lowest BCUT2D eigenvalue weighted by atomic mass is 10.1. The minimum Gasteiger partial charge on any atom is -0.493 e. The fraction of sp³-hybridized carbons (Fsp3) is 0.103. The number of fused-ring (bicyclic) bond motifs is 1. The van der Waals surface area contributed by atoms with E-state index in [9.17, 15) is 4.79 Å². The van der Waals surface area contributed by atoms with Gasteiger partial charge in [-0.25, -0.2) is 24.1 Å². The normalized spacial score (nSPS) is 11.3. The summed E-state index contributed by atoms with van der Waals surface area (Å²) in [6.07, 6.45) is 1.40. The van der Waals surface area contributed by atoms with Gasteiger partial charge in [-0.1, -0.05) is 30.3 Å². The number of rotatable bonds is 8. The number of ether oxygens (including phenoxy) is 3. The van der Waals surface area contributed by atoms with E-state index in [1.54, 1.807) is 74.3 Å². The molecule has 0 aliphatic heterocycles. The molecule has 0 saturated heterocycles. The molecule has 0 aliphatic rings. The summed E-state index contributed by atoms with van der Waals surface area (Å²) in [5.41, 5.74) is 5.06. The molecule has 0 aliphatic carbocycles. The highest BCUT2D eigenvalue weighted by molar-refractivity contribution is 7.16. The maximum Gasteiger partial charge on any atom is 0.337 e. The number of nitrogens with zero attached hydrogens (tertiary/aromatic N) is 3. The summed E-state index contributed by atoms with van der Waals surface area (Å²) in [5, 5.41) is 3.30. The second-order valence-electron chi connectivity index (χ2n) is 8.28. The van der Waals surface area contributed by atoms with Crippen LogP contribution in [0.3, 0.4) is 0 Å². The van der Waals surface area contributed by atoms with Crippen LogP contribution in [-0.2, 0) is 4.74 Å². The predicted octanol–water partition coefficient (Wildman–Crippen LogP) is 6.77. The molecule has 0 fully saturated rings. The van der Waals surface area contributed by atoms with Gasteiger partial charge in [-0.2, -0.15) is 0 Å². The molecule has 0 spiro atoms. The number of methoxy groups -OCH3 is 3. The number of hydrogen-bond acceptors (Lipinski definition) is 9. The first kappa shape index (κ1) is 25.8. The van der Waals surface area contributed by atoms with E-state index in [-0.39, 0.29) is 0 Å². The predicted molar refractivity (Wildman–Crippen MR) is 150 cm³/mol. The molecule has 196 valence electrons. The first-order valence-corrected chi connectivity index (χ1v) is 12.6. The van der Waals surface area contributed by atoms with Gasteiger partial charge < -0.3 is 19.5 Å². The monoisotopic (exact) mass is 542 g/mol. The lowest BCUT2D eigenvalue weighted by molar-refractivity contribution is 0.0600. The van der Waals surface area contributed by atoms with Gasteiger partial charge in [0.1, 0.15) is 16.2 Å². The average molecular weight is 543 g/mol. The van der Waals surface area contributed by atoms with Crippen molar-refractivity contribution in [1.82, 2.24) is 15.0 Å². The van der Waals surface area contributed by atoms with Crippen molar-refractivity contribution in [3.63, 3.8) is 0 Å². The van der Waals surface area contributed by atoms with Crippen LogP contribution in [0.5, 0.6) is 11.5 Å². The SMILES string of the molecule is COC(=O)c1ccc(C=C(F)c2cccc(-c3nc(Nc4ccc(OC)c(OC)c4)c4ncsc4n3)c2)cc1.